The Balaban J connectivity index is 1.26. The van der Waals surface area contributed by atoms with Gasteiger partial charge in [0.2, 0.25) is 0 Å². The summed E-state index contributed by atoms with van der Waals surface area (Å²) in [5, 5.41) is 9.17. The number of benzene rings is 3. The van der Waals surface area contributed by atoms with Gasteiger partial charge >= 0.3 is 5.97 Å². The molecule has 0 aliphatic heterocycles. The molecule has 2 aromatic heterocycles. The molecule has 8 nitrogen and oxygen atoms in total. The number of halogens is 1. The lowest BCUT2D eigenvalue weighted by Crippen LogP contribution is -2.21. The first kappa shape index (κ1) is 24.4. The van der Waals surface area contributed by atoms with Gasteiger partial charge in [-0.05, 0) is 41.8 Å². The van der Waals surface area contributed by atoms with Crippen molar-refractivity contribution >= 4 is 74.0 Å². The number of carbonyl (C=O) groups is 3. The zero-order valence-electron chi connectivity index (χ0n) is 19.4. The minimum absolute atomic E-state index is 0.125. The van der Waals surface area contributed by atoms with Crippen molar-refractivity contribution in [2.24, 2.45) is 0 Å². The van der Waals surface area contributed by atoms with Gasteiger partial charge in [0.15, 0.2) is 6.61 Å². The number of hydrogen-bond donors (Lipinski definition) is 2. The Bertz CT molecular complexity index is 1640. The predicted octanol–water partition coefficient (Wildman–Crippen LogP) is 6.36. The first-order chi connectivity index (χ1) is 17.9. The molecule has 186 valence electrons. The molecule has 0 unspecified atom stereocenters. The Labute approximate surface area is 219 Å². The van der Waals surface area contributed by atoms with Crippen molar-refractivity contribution in [1.29, 1.82) is 0 Å². The summed E-state index contributed by atoms with van der Waals surface area (Å²) in [6, 6.07) is 18.8. The van der Waals surface area contributed by atoms with Gasteiger partial charge in [-0.15, -0.1) is 11.3 Å². The van der Waals surface area contributed by atoms with Crippen LogP contribution in [0.25, 0.3) is 21.9 Å². The molecule has 0 aliphatic rings. The molecule has 0 fully saturated rings. The molecule has 0 radical (unpaired) electrons. The molecule has 5 aromatic rings. The van der Waals surface area contributed by atoms with E-state index in [1.165, 1.54) is 36.6 Å². The van der Waals surface area contributed by atoms with E-state index >= 15 is 0 Å². The van der Waals surface area contributed by atoms with Crippen LogP contribution in [0.4, 0.5) is 11.4 Å². The molecule has 0 atom stereocenters. The van der Waals surface area contributed by atoms with Crippen LogP contribution in [-0.2, 0) is 9.53 Å². The quantitative estimate of drug-likeness (QED) is 0.235. The fraction of sp³-hybridized carbons (Fsp3) is 0.0741. The molecule has 0 aliphatic carbocycles. The number of esters is 1. The average Bonchev–Trinajstić information content (AvgIpc) is 3.56. The van der Waals surface area contributed by atoms with E-state index in [4.69, 9.17) is 25.5 Å². The zero-order chi connectivity index (χ0) is 25.9. The highest BCUT2D eigenvalue weighted by Crippen LogP contribution is 2.36. The van der Waals surface area contributed by atoms with E-state index in [9.17, 15) is 14.4 Å². The first-order valence-electron chi connectivity index (χ1n) is 11.0. The molecule has 10 heteroatoms. The van der Waals surface area contributed by atoms with Crippen LogP contribution in [0.1, 0.15) is 20.0 Å². The summed E-state index contributed by atoms with van der Waals surface area (Å²) in [5.74, 6) is -1.24. The lowest BCUT2D eigenvalue weighted by molar-refractivity contribution is -0.119. The number of amides is 2. The molecule has 5 rings (SSSR count). The van der Waals surface area contributed by atoms with Crippen LogP contribution < -0.4 is 15.4 Å². The Hall–Kier alpha value is -4.34. The minimum Gasteiger partial charge on any atom is -0.495 e. The van der Waals surface area contributed by atoms with E-state index in [1.807, 2.05) is 24.3 Å². The summed E-state index contributed by atoms with van der Waals surface area (Å²) >= 11 is 7.45. The first-order valence-corrected chi connectivity index (χ1v) is 12.3. The van der Waals surface area contributed by atoms with Crippen LogP contribution in [0.5, 0.6) is 5.75 Å². The van der Waals surface area contributed by atoms with E-state index in [2.05, 4.69) is 10.6 Å². The lowest BCUT2D eigenvalue weighted by atomic mass is 10.1. The topological polar surface area (TPSA) is 107 Å². The van der Waals surface area contributed by atoms with E-state index in [-0.39, 0.29) is 22.2 Å². The highest BCUT2D eigenvalue weighted by atomic mass is 35.5. The smallest absolute Gasteiger partial charge is 0.338 e. The molecule has 0 bridgehead atoms. The molecule has 37 heavy (non-hydrogen) atoms. The van der Waals surface area contributed by atoms with Crippen LogP contribution in [-0.4, -0.2) is 31.5 Å². The van der Waals surface area contributed by atoms with Crippen LogP contribution in [0.2, 0.25) is 5.02 Å². The van der Waals surface area contributed by atoms with Gasteiger partial charge < -0.3 is 24.5 Å². The maximum atomic E-state index is 12.6. The maximum absolute atomic E-state index is 12.6. The molecular weight excluding hydrogens is 516 g/mol. The summed E-state index contributed by atoms with van der Waals surface area (Å²) in [6.07, 6.45) is 0. The largest absolute Gasteiger partial charge is 0.495 e. The van der Waals surface area contributed by atoms with E-state index in [0.29, 0.717) is 27.5 Å². The maximum Gasteiger partial charge on any atom is 0.338 e. The van der Waals surface area contributed by atoms with Crippen LogP contribution in [0, 0.1) is 0 Å². The second-order valence-electron chi connectivity index (χ2n) is 7.90. The van der Waals surface area contributed by atoms with Crippen LogP contribution in [0.3, 0.4) is 0 Å². The number of anilines is 2. The summed E-state index contributed by atoms with van der Waals surface area (Å²) in [7, 11) is 1.49. The number of fused-ring (bicyclic) bond motifs is 3. The molecule has 3 aromatic carbocycles. The Morgan fingerprint density at radius 2 is 1.76 bits per heavy atom. The molecule has 2 heterocycles. The van der Waals surface area contributed by atoms with Crippen molar-refractivity contribution in [2.75, 3.05) is 24.4 Å². The monoisotopic (exact) mass is 534 g/mol. The fourth-order valence-electron chi connectivity index (χ4n) is 3.76. The van der Waals surface area contributed by atoms with Gasteiger partial charge in [0, 0.05) is 16.8 Å². The Morgan fingerprint density at radius 1 is 0.919 bits per heavy atom. The fourth-order valence-corrected chi connectivity index (χ4v) is 4.54. The highest BCUT2D eigenvalue weighted by molar-refractivity contribution is 7.12. The predicted molar refractivity (Wildman–Crippen MR) is 143 cm³/mol. The number of ether oxygens (including phenoxy) is 2. The number of para-hydroxylation sites is 1. The van der Waals surface area contributed by atoms with E-state index in [1.54, 1.807) is 29.6 Å². The number of rotatable bonds is 7. The average molecular weight is 535 g/mol. The Kier molecular flexibility index (Phi) is 6.80. The summed E-state index contributed by atoms with van der Waals surface area (Å²) in [6.45, 7) is -0.542. The third-order valence-corrected chi connectivity index (χ3v) is 6.70. The molecule has 0 spiro atoms. The van der Waals surface area contributed by atoms with Crippen molar-refractivity contribution in [3.05, 3.63) is 87.6 Å². The molecule has 2 amide bonds. The van der Waals surface area contributed by atoms with Gasteiger partial charge in [-0.3, -0.25) is 9.59 Å². The van der Waals surface area contributed by atoms with Crippen molar-refractivity contribution < 1.29 is 28.3 Å². The minimum atomic E-state index is -0.752. The van der Waals surface area contributed by atoms with E-state index < -0.39 is 18.5 Å². The molecular formula is C27H19ClN2O6S. The van der Waals surface area contributed by atoms with Crippen molar-refractivity contribution in [3.8, 4) is 5.75 Å². The number of nitrogens with one attached hydrogen (secondary N) is 2. The van der Waals surface area contributed by atoms with Crippen LogP contribution in [0.15, 0.2) is 76.5 Å². The zero-order valence-corrected chi connectivity index (χ0v) is 20.9. The van der Waals surface area contributed by atoms with Crippen molar-refractivity contribution in [1.82, 2.24) is 0 Å². The number of hydrogen-bond acceptors (Lipinski definition) is 7. The van der Waals surface area contributed by atoms with Gasteiger partial charge in [0.25, 0.3) is 11.8 Å². The van der Waals surface area contributed by atoms with E-state index in [0.717, 1.165) is 10.8 Å². The summed E-state index contributed by atoms with van der Waals surface area (Å²) < 4.78 is 16.5. The molecule has 0 saturated carbocycles. The van der Waals surface area contributed by atoms with Gasteiger partial charge in [-0.1, -0.05) is 35.9 Å². The standard InChI is InChI=1S/C27H19ClN2O6S/c1-34-23-12-17-16-5-2-3-6-21(16)36-22(17)13-20(23)29-25(31)14-35-27(33)15-8-9-18(28)19(11-15)30-26(32)24-7-4-10-37-24/h2-13H,14H2,1H3,(H,29,31)(H,30,32). The van der Waals surface area contributed by atoms with Crippen molar-refractivity contribution in [2.45, 2.75) is 0 Å². The summed E-state index contributed by atoms with van der Waals surface area (Å²) in [5.41, 5.74) is 2.04. The van der Waals surface area contributed by atoms with Crippen LogP contribution >= 0.6 is 22.9 Å². The number of furan rings is 1. The second kappa shape index (κ2) is 10.3. The second-order valence-corrected chi connectivity index (χ2v) is 9.25. The molecule has 0 saturated heterocycles. The van der Waals surface area contributed by atoms with Gasteiger partial charge in [-0.2, -0.15) is 0 Å². The van der Waals surface area contributed by atoms with Gasteiger partial charge in [0.05, 0.1) is 33.9 Å². The number of methoxy groups -OCH3 is 1. The number of thiophene rings is 1. The molecule has 2 N–H and O–H groups in total. The highest BCUT2D eigenvalue weighted by Gasteiger charge is 2.17. The number of carbonyl (C=O) groups excluding carboxylic acids is 3. The summed E-state index contributed by atoms with van der Waals surface area (Å²) in [4.78, 5) is 38.0. The Morgan fingerprint density at radius 3 is 2.54 bits per heavy atom. The third-order valence-electron chi connectivity index (χ3n) is 5.50. The van der Waals surface area contributed by atoms with Crippen molar-refractivity contribution in [3.63, 3.8) is 0 Å². The SMILES string of the molecule is COc1cc2c(cc1NC(=O)COC(=O)c1ccc(Cl)c(NC(=O)c3cccs3)c1)oc1ccccc12. The lowest BCUT2D eigenvalue weighted by Gasteiger charge is -2.11. The third kappa shape index (κ3) is 5.13. The normalized spacial score (nSPS) is 10.9. The van der Waals surface area contributed by atoms with Gasteiger partial charge in [0.1, 0.15) is 16.9 Å². The van der Waals surface area contributed by atoms with Gasteiger partial charge in [-0.25, -0.2) is 4.79 Å².